The second-order valence-electron chi connectivity index (χ2n) is 4.00. The molecule has 6 nitrogen and oxygen atoms in total. The molecule has 6 N–H and O–H groups in total. The van der Waals surface area contributed by atoms with E-state index < -0.39 is 17.6 Å². The molecule has 0 atom stereocenters. The van der Waals surface area contributed by atoms with E-state index in [2.05, 4.69) is 0 Å². The number of rotatable bonds is 2. The predicted molar refractivity (Wildman–Crippen MR) is 77.0 cm³/mol. The van der Waals surface area contributed by atoms with Gasteiger partial charge in [0.1, 0.15) is 0 Å². The van der Waals surface area contributed by atoms with E-state index in [1.807, 2.05) is 0 Å². The first-order chi connectivity index (χ1) is 9.21. The van der Waals surface area contributed by atoms with E-state index in [4.69, 9.17) is 28.8 Å². The van der Waals surface area contributed by atoms with Crippen LogP contribution in [0, 0.1) is 0 Å². The first-order valence-electron chi connectivity index (χ1n) is 5.66. The zero-order valence-corrected chi connectivity index (χ0v) is 16.1. The zero-order valence-electron chi connectivity index (χ0n) is 11.2. The van der Waals surface area contributed by atoms with Gasteiger partial charge >= 0.3 is 17.6 Å². The van der Waals surface area contributed by atoms with Crippen molar-refractivity contribution in [2.24, 2.45) is 0 Å². The van der Waals surface area contributed by atoms with Gasteiger partial charge in [0.05, 0.1) is 0 Å². The van der Waals surface area contributed by atoms with Gasteiger partial charge in [-0.2, -0.15) is 0 Å². The van der Waals surface area contributed by atoms with Gasteiger partial charge in [0.2, 0.25) is 0 Å². The van der Waals surface area contributed by atoms with Crippen molar-refractivity contribution in [3.05, 3.63) is 60.7 Å². The molecule has 0 aliphatic heterocycles. The summed E-state index contributed by atoms with van der Waals surface area (Å²) in [5, 5.41) is 0.407. The van der Waals surface area contributed by atoms with E-state index in [1.165, 1.54) is 24.3 Å². The van der Waals surface area contributed by atoms with E-state index >= 15 is 0 Å². The molecule has 0 fully saturated rings. The maximum Gasteiger partial charge on any atom is 0.528 e. The van der Waals surface area contributed by atoms with Crippen molar-refractivity contribution in [3.63, 3.8) is 0 Å². The molecule has 2 aromatic rings. The van der Waals surface area contributed by atoms with Crippen molar-refractivity contribution in [2.45, 2.75) is 0 Å². The summed E-state index contributed by atoms with van der Waals surface area (Å²) >= 11 is 0. The Morgan fingerprint density at radius 2 is 0.714 bits per heavy atom. The molecule has 9 heteroatoms. The SMILES string of the molecule is O[Si](O)(O)c1ccccc1.O[Si](O)(O)c1ccccc1.[Zn]. The van der Waals surface area contributed by atoms with Crippen LogP contribution in [0.1, 0.15) is 0 Å². The number of benzene rings is 2. The van der Waals surface area contributed by atoms with Gasteiger partial charge in [-0.15, -0.1) is 0 Å². The van der Waals surface area contributed by atoms with Gasteiger partial charge in [0.25, 0.3) is 0 Å². The summed E-state index contributed by atoms with van der Waals surface area (Å²) in [6.45, 7) is 0. The second kappa shape index (κ2) is 8.64. The minimum absolute atomic E-state index is 0. The average molecular weight is 378 g/mol. The van der Waals surface area contributed by atoms with Crippen molar-refractivity contribution in [3.8, 4) is 0 Å². The molecule has 0 unspecified atom stereocenters. The largest absolute Gasteiger partial charge is 0.528 e. The van der Waals surface area contributed by atoms with Crippen LogP contribution in [0.25, 0.3) is 0 Å². The molecule has 0 amide bonds. The maximum absolute atomic E-state index is 8.74. The minimum Gasteiger partial charge on any atom is -0.386 e. The topological polar surface area (TPSA) is 121 Å². The number of hydrogen-bond acceptors (Lipinski definition) is 6. The molecule has 0 heterocycles. The third kappa shape index (κ3) is 7.72. The molecule has 0 spiro atoms. The first-order valence-corrected chi connectivity index (χ1v) is 9.35. The van der Waals surface area contributed by atoms with E-state index in [0.717, 1.165) is 0 Å². The molecule has 0 aliphatic carbocycles. The molecule has 2 rings (SSSR count). The molecule has 0 bridgehead atoms. The Morgan fingerprint density at radius 3 is 0.857 bits per heavy atom. The van der Waals surface area contributed by atoms with Crippen LogP contribution in [0.15, 0.2) is 60.7 Å². The Labute approximate surface area is 137 Å². The normalized spacial score (nSPS) is 11.0. The van der Waals surface area contributed by atoms with Gasteiger partial charge in [-0.25, -0.2) is 0 Å². The fraction of sp³-hybridized carbons (Fsp3) is 0. The van der Waals surface area contributed by atoms with E-state index in [1.54, 1.807) is 36.4 Å². The average Bonchev–Trinajstić information content (AvgIpc) is 2.40. The molecule has 110 valence electrons. The quantitative estimate of drug-likeness (QED) is 0.325. The van der Waals surface area contributed by atoms with Gasteiger partial charge in [0, 0.05) is 29.9 Å². The fourth-order valence-corrected chi connectivity index (χ4v) is 2.60. The van der Waals surface area contributed by atoms with Gasteiger partial charge in [-0.3, -0.25) is 0 Å². The molecule has 0 saturated carbocycles. The van der Waals surface area contributed by atoms with Crippen LogP contribution < -0.4 is 10.4 Å². The Bertz CT molecular complexity index is 463. The molecule has 21 heavy (non-hydrogen) atoms. The van der Waals surface area contributed by atoms with Crippen molar-refractivity contribution < 1.29 is 48.3 Å². The third-order valence-electron chi connectivity index (χ3n) is 2.32. The summed E-state index contributed by atoms with van der Waals surface area (Å²) in [5.74, 6) is 0. The summed E-state index contributed by atoms with van der Waals surface area (Å²) < 4.78 is 0. The Hall–Kier alpha value is -0.743. The van der Waals surface area contributed by atoms with Crippen LogP contribution in [0.2, 0.25) is 0 Å². The van der Waals surface area contributed by atoms with Crippen LogP contribution in [0.3, 0.4) is 0 Å². The molecule has 2 aromatic carbocycles. The zero-order chi connectivity index (χ0) is 15.2. The molecule has 0 aromatic heterocycles. The van der Waals surface area contributed by atoms with Crippen LogP contribution in [-0.4, -0.2) is 46.4 Å². The Morgan fingerprint density at radius 1 is 0.476 bits per heavy atom. The standard InChI is InChI=1S/2C6H8O3Si.Zn/c2*7-10(8,9)6-4-2-1-3-5-6;/h2*1-5,7-9H;. The van der Waals surface area contributed by atoms with E-state index in [0.29, 0.717) is 0 Å². The Kier molecular flexibility index (Phi) is 8.33. The summed E-state index contributed by atoms with van der Waals surface area (Å²) in [6.07, 6.45) is 0. The second-order valence-corrected chi connectivity index (χ2v) is 7.70. The van der Waals surface area contributed by atoms with Crippen LogP contribution in [0.5, 0.6) is 0 Å². The summed E-state index contributed by atoms with van der Waals surface area (Å²) in [5.41, 5.74) is 0. The van der Waals surface area contributed by atoms with E-state index in [9.17, 15) is 0 Å². The minimum atomic E-state index is -4.03. The summed E-state index contributed by atoms with van der Waals surface area (Å²) in [6, 6.07) is 15.9. The van der Waals surface area contributed by atoms with Crippen molar-refractivity contribution in [1.29, 1.82) is 0 Å². The first kappa shape index (κ1) is 20.3. The summed E-state index contributed by atoms with van der Waals surface area (Å²) in [4.78, 5) is 52.4. The van der Waals surface area contributed by atoms with Crippen molar-refractivity contribution in [1.82, 2.24) is 0 Å². The molecular formula is C12H16O6Si2Zn. The summed E-state index contributed by atoms with van der Waals surface area (Å²) in [7, 11) is -8.07. The fourth-order valence-electron chi connectivity index (χ4n) is 1.32. The smallest absolute Gasteiger partial charge is 0.386 e. The van der Waals surface area contributed by atoms with Crippen LogP contribution in [0.4, 0.5) is 0 Å². The molecule has 0 aliphatic rings. The van der Waals surface area contributed by atoms with Crippen LogP contribution in [-0.2, 0) is 19.5 Å². The van der Waals surface area contributed by atoms with Gasteiger partial charge in [-0.05, 0) is 0 Å². The van der Waals surface area contributed by atoms with Crippen molar-refractivity contribution in [2.75, 3.05) is 0 Å². The third-order valence-corrected chi connectivity index (χ3v) is 4.54. The van der Waals surface area contributed by atoms with Gasteiger partial charge < -0.3 is 28.8 Å². The molecular weight excluding hydrogens is 362 g/mol. The Balaban J connectivity index is 0.000000364. The van der Waals surface area contributed by atoms with Crippen molar-refractivity contribution >= 4 is 28.0 Å². The monoisotopic (exact) mass is 376 g/mol. The van der Waals surface area contributed by atoms with Gasteiger partial charge in [-0.1, -0.05) is 60.7 Å². The molecule has 0 saturated heterocycles. The van der Waals surface area contributed by atoms with Gasteiger partial charge in [0.15, 0.2) is 0 Å². The maximum atomic E-state index is 8.74. The van der Waals surface area contributed by atoms with E-state index in [-0.39, 0.29) is 29.9 Å². The molecule has 0 radical (unpaired) electrons. The van der Waals surface area contributed by atoms with Crippen LogP contribution >= 0.6 is 0 Å². The number of hydrogen-bond donors (Lipinski definition) is 6. The predicted octanol–water partition coefficient (Wildman–Crippen LogP) is -2.38.